The van der Waals surface area contributed by atoms with Crippen molar-refractivity contribution in [3.63, 3.8) is 0 Å². The largest absolute Gasteiger partial charge is 0.370 e. The van der Waals surface area contributed by atoms with E-state index in [4.69, 9.17) is 14.7 Å². The minimum Gasteiger partial charge on any atom is -0.370 e. The highest BCUT2D eigenvalue weighted by atomic mass is 32.2. The van der Waals surface area contributed by atoms with Crippen LogP contribution < -0.4 is 5.32 Å². The topological polar surface area (TPSA) is 64.1 Å². The van der Waals surface area contributed by atoms with Gasteiger partial charge in [-0.15, -0.1) is 11.3 Å². The zero-order chi connectivity index (χ0) is 27.5. The monoisotopic (exact) mass is 565 g/mol. The molecule has 1 aliphatic heterocycles. The Labute approximate surface area is 243 Å². The molecular weight excluding hydrogens is 535 g/mol. The molecule has 0 unspecified atom stereocenters. The van der Waals surface area contributed by atoms with E-state index < -0.39 is 0 Å². The summed E-state index contributed by atoms with van der Waals surface area (Å²) in [4.78, 5) is 25.6. The van der Waals surface area contributed by atoms with Crippen molar-refractivity contribution in [3.8, 4) is 0 Å². The number of thiophene rings is 1. The number of ether oxygens (including phenoxy) is 1. The van der Waals surface area contributed by atoms with Gasteiger partial charge in [-0.3, -0.25) is 4.79 Å². The molecule has 40 heavy (non-hydrogen) atoms. The predicted molar refractivity (Wildman–Crippen MR) is 163 cm³/mol. The van der Waals surface area contributed by atoms with Gasteiger partial charge in [0, 0.05) is 23.1 Å². The molecule has 0 bridgehead atoms. The van der Waals surface area contributed by atoms with Crippen molar-refractivity contribution in [1.29, 1.82) is 0 Å². The third-order valence-corrected chi connectivity index (χ3v) is 9.13. The zero-order valence-corrected chi connectivity index (χ0v) is 24.2. The third kappa shape index (κ3) is 5.97. The quantitative estimate of drug-likeness (QED) is 0.160. The second-order valence-corrected chi connectivity index (χ2v) is 12.7. The number of nitrogens with zero attached hydrogens (tertiary/aromatic N) is 2. The van der Waals surface area contributed by atoms with Gasteiger partial charge < -0.3 is 10.1 Å². The van der Waals surface area contributed by atoms with E-state index in [1.807, 2.05) is 54.6 Å². The first-order chi connectivity index (χ1) is 19.4. The molecule has 1 aliphatic rings. The minimum atomic E-state index is -0.248. The molecule has 0 radical (unpaired) electrons. The molecular formula is C33H31N3O2S2. The lowest BCUT2D eigenvalue weighted by Gasteiger charge is -2.30. The minimum absolute atomic E-state index is 0.0353. The summed E-state index contributed by atoms with van der Waals surface area (Å²) in [5.74, 6) is 0.996. The molecule has 6 rings (SSSR count). The van der Waals surface area contributed by atoms with Crippen LogP contribution in [-0.2, 0) is 29.0 Å². The normalized spacial score (nSPS) is 14.3. The summed E-state index contributed by atoms with van der Waals surface area (Å²) >= 11 is 3.18. The second kappa shape index (κ2) is 11.5. The maximum Gasteiger partial charge on any atom is 0.231 e. The molecule has 2 aromatic heterocycles. The molecule has 0 saturated heterocycles. The molecule has 7 heteroatoms. The van der Waals surface area contributed by atoms with E-state index in [1.165, 1.54) is 22.2 Å². The lowest BCUT2D eigenvalue weighted by atomic mass is 9.94. The maximum atomic E-state index is 13.4. The van der Waals surface area contributed by atoms with Crippen LogP contribution in [0.5, 0.6) is 0 Å². The smallest absolute Gasteiger partial charge is 0.231 e. The number of carbonyl (C=O) groups is 1. The number of benzene rings is 3. The maximum absolute atomic E-state index is 13.4. The fourth-order valence-electron chi connectivity index (χ4n) is 5.10. The van der Waals surface area contributed by atoms with Crippen LogP contribution in [0.25, 0.3) is 10.2 Å². The average Bonchev–Trinajstić information content (AvgIpc) is 3.32. The van der Waals surface area contributed by atoms with Crippen molar-refractivity contribution in [3.05, 3.63) is 124 Å². The summed E-state index contributed by atoms with van der Waals surface area (Å²) in [5, 5.41) is 5.22. The Morgan fingerprint density at radius 3 is 2.23 bits per heavy atom. The molecule has 3 heterocycles. The standard InChI is InChI=1S/C33H31N3O2S2/c1-33(2)19-25-26(20-38-33)40-32-29(25)31(34-27(35-32)18-22-12-6-3-7-13-22)39-21-28(37)36-30(23-14-8-4-9-15-23)24-16-10-5-11-17-24/h3-17,30H,18-21H2,1-2H3,(H,36,37). The van der Waals surface area contributed by atoms with E-state index in [0.29, 0.717) is 13.0 Å². The highest BCUT2D eigenvalue weighted by molar-refractivity contribution is 8.00. The highest BCUT2D eigenvalue weighted by Crippen LogP contribution is 2.42. The van der Waals surface area contributed by atoms with Crippen LogP contribution in [0.3, 0.4) is 0 Å². The molecule has 1 amide bonds. The number of thioether (sulfide) groups is 1. The molecule has 0 fully saturated rings. The molecule has 0 atom stereocenters. The summed E-state index contributed by atoms with van der Waals surface area (Å²) in [7, 11) is 0. The summed E-state index contributed by atoms with van der Waals surface area (Å²) in [6.45, 7) is 4.83. The van der Waals surface area contributed by atoms with Gasteiger partial charge in [0.25, 0.3) is 0 Å². The molecule has 202 valence electrons. The number of hydrogen-bond acceptors (Lipinski definition) is 6. The van der Waals surface area contributed by atoms with Gasteiger partial charge in [-0.1, -0.05) is 103 Å². The third-order valence-electron chi connectivity index (χ3n) is 7.06. The Morgan fingerprint density at radius 1 is 0.950 bits per heavy atom. The van der Waals surface area contributed by atoms with Crippen molar-refractivity contribution in [2.75, 3.05) is 5.75 Å². The fraction of sp³-hybridized carbons (Fsp3) is 0.242. The first-order valence-electron chi connectivity index (χ1n) is 13.5. The lowest BCUT2D eigenvalue weighted by Crippen LogP contribution is -2.31. The van der Waals surface area contributed by atoms with Gasteiger partial charge in [0.05, 0.1) is 24.0 Å². The van der Waals surface area contributed by atoms with Crippen LogP contribution in [0.2, 0.25) is 0 Å². The summed E-state index contributed by atoms with van der Waals surface area (Å²) < 4.78 is 6.10. The molecule has 5 nitrogen and oxygen atoms in total. The Morgan fingerprint density at radius 2 is 1.57 bits per heavy atom. The number of aromatic nitrogens is 2. The fourth-order valence-corrected chi connectivity index (χ4v) is 7.17. The van der Waals surface area contributed by atoms with Crippen LogP contribution >= 0.6 is 23.1 Å². The van der Waals surface area contributed by atoms with Gasteiger partial charge in [-0.25, -0.2) is 9.97 Å². The average molecular weight is 566 g/mol. The number of rotatable bonds is 8. The van der Waals surface area contributed by atoms with Crippen molar-refractivity contribution in [2.24, 2.45) is 0 Å². The van der Waals surface area contributed by atoms with Crippen molar-refractivity contribution in [2.45, 2.75) is 50.0 Å². The zero-order valence-electron chi connectivity index (χ0n) is 22.6. The van der Waals surface area contributed by atoms with Gasteiger partial charge in [-0.05, 0) is 36.1 Å². The highest BCUT2D eigenvalue weighted by Gasteiger charge is 2.31. The Kier molecular flexibility index (Phi) is 7.69. The SMILES string of the molecule is CC1(C)Cc2c(sc3nc(Cc4ccccc4)nc(SCC(=O)NC(c4ccccc4)c4ccccc4)c23)CO1. The van der Waals surface area contributed by atoms with Gasteiger partial charge in [0.1, 0.15) is 15.7 Å². The van der Waals surface area contributed by atoms with Crippen LogP contribution in [0, 0.1) is 0 Å². The molecule has 5 aromatic rings. The lowest BCUT2D eigenvalue weighted by molar-refractivity contribution is -0.119. The molecule has 0 saturated carbocycles. The summed E-state index contributed by atoms with van der Waals surface area (Å²) in [5.41, 5.74) is 4.28. The first-order valence-corrected chi connectivity index (χ1v) is 15.3. The van der Waals surface area contributed by atoms with Crippen molar-refractivity contribution < 1.29 is 9.53 Å². The van der Waals surface area contributed by atoms with E-state index in [-0.39, 0.29) is 23.3 Å². The van der Waals surface area contributed by atoms with Crippen LogP contribution in [-0.4, -0.2) is 27.2 Å². The molecule has 0 aliphatic carbocycles. The van der Waals surface area contributed by atoms with Gasteiger partial charge >= 0.3 is 0 Å². The van der Waals surface area contributed by atoms with E-state index >= 15 is 0 Å². The van der Waals surface area contributed by atoms with Gasteiger partial charge in [0.2, 0.25) is 5.91 Å². The number of fused-ring (bicyclic) bond motifs is 3. The van der Waals surface area contributed by atoms with E-state index in [2.05, 4.69) is 55.6 Å². The summed E-state index contributed by atoms with van der Waals surface area (Å²) in [6, 6.07) is 30.3. The Bertz CT molecular complexity index is 1580. The van der Waals surface area contributed by atoms with E-state index in [0.717, 1.165) is 44.2 Å². The van der Waals surface area contributed by atoms with Crippen molar-refractivity contribution in [1.82, 2.24) is 15.3 Å². The van der Waals surface area contributed by atoms with E-state index in [9.17, 15) is 4.79 Å². The van der Waals surface area contributed by atoms with Crippen LogP contribution in [0.15, 0.2) is 96.0 Å². The number of nitrogens with one attached hydrogen (secondary N) is 1. The van der Waals surface area contributed by atoms with Crippen molar-refractivity contribution >= 4 is 39.2 Å². The summed E-state index contributed by atoms with van der Waals surface area (Å²) in [6.07, 6.45) is 1.44. The van der Waals surface area contributed by atoms with E-state index in [1.54, 1.807) is 11.3 Å². The first kappa shape index (κ1) is 26.7. The number of amides is 1. The Hall–Kier alpha value is -3.52. The number of carbonyl (C=O) groups excluding carboxylic acids is 1. The Balaban J connectivity index is 1.29. The predicted octanol–water partition coefficient (Wildman–Crippen LogP) is 7.13. The second-order valence-electron chi connectivity index (χ2n) is 10.6. The van der Waals surface area contributed by atoms with Crippen LogP contribution in [0.4, 0.5) is 0 Å². The van der Waals surface area contributed by atoms with Gasteiger partial charge in [0.15, 0.2) is 0 Å². The molecule has 1 N–H and O–H groups in total. The van der Waals surface area contributed by atoms with Crippen LogP contribution in [0.1, 0.15) is 52.8 Å². The molecule has 0 spiro atoms. The molecule has 3 aromatic carbocycles. The van der Waals surface area contributed by atoms with Gasteiger partial charge in [-0.2, -0.15) is 0 Å². The number of hydrogen-bond donors (Lipinski definition) is 1.